The predicted octanol–water partition coefficient (Wildman–Crippen LogP) is 3.97. The van der Waals surface area contributed by atoms with Crippen molar-refractivity contribution < 1.29 is 27.2 Å². The summed E-state index contributed by atoms with van der Waals surface area (Å²) in [6.45, 7) is 3.95. The lowest BCUT2D eigenvalue weighted by atomic mass is 9.95. The second-order valence-corrected chi connectivity index (χ2v) is 9.28. The maximum atomic E-state index is 13.1. The number of piperazine rings is 1. The summed E-state index contributed by atoms with van der Waals surface area (Å²) in [5.41, 5.74) is 0.892. The van der Waals surface area contributed by atoms with Gasteiger partial charge in [-0.25, -0.2) is 4.39 Å². The Morgan fingerprint density at radius 3 is 2.09 bits per heavy atom. The number of amides is 2. The van der Waals surface area contributed by atoms with Crippen LogP contribution in [0.1, 0.15) is 29.5 Å². The third-order valence-electron chi connectivity index (χ3n) is 6.76. The molecule has 2 aromatic carbocycles. The normalized spacial score (nSPS) is 19.6. The molecule has 0 N–H and O–H groups in total. The van der Waals surface area contributed by atoms with Gasteiger partial charge in [-0.05, 0) is 48.2 Å². The number of carbonyl (C=O) groups is 2. The Balaban J connectivity index is 1.25. The topological polar surface area (TPSA) is 43.9 Å². The number of alkyl halides is 3. The van der Waals surface area contributed by atoms with E-state index < -0.39 is 11.7 Å². The van der Waals surface area contributed by atoms with E-state index in [1.54, 1.807) is 17.0 Å². The molecule has 2 fully saturated rings. The summed E-state index contributed by atoms with van der Waals surface area (Å²) in [5.74, 6) is -0.583. The molecule has 1 atom stereocenters. The fourth-order valence-electron chi connectivity index (χ4n) is 4.74. The molecule has 0 spiro atoms. The van der Waals surface area contributed by atoms with Crippen LogP contribution >= 0.6 is 0 Å². The Hall–Kier alpha value is -2.94. The second kappa shape index (κ2) is 10.8. The molecule has 2 heterocycles. The van der Waals surface area contributed by atoms with Crippen molar-refractivity contribution in [1.29, 1.82) is 0 Å². The van der Waals surface area contributed by atoms with Crippen molar-refractivity contribution in [2.75, 3.05) is 39.3 Å². The molecule has 0 bridgehead atoms. The number of hydrogen-bond donors (Lipinski definition) is 0. The molecule has 2 amide bonds. The van der Waals surface area contributed by atoms with Gasteiger partial charge in [-0.1, -0.05) is 24.3 Å². The summed E-state index contributed by atoms with van der Waals surface area (Å²) in [6.07, 6.45) is -2.65. The fourth-order valence-corrected chi connectivity index (χ4v) is 4.74. The number of benzene rings is 2. The van der Waals surface area contributed by atoms with Gasteiger partial charge in [-0.2, -0.15) is 13.2 Å². The van der Waals surface area contributed by atoms with Gasteiger partial charge in [0.25, 0.3) is 0 Å². The van der Waals surface area contributed by atoms with Crippen LogP contribution in [0.15, 0.2) is 48.5 Å². The molecule has 4 rings (SSSR count). The van der Waals surface area contributed by atoms with E-state index in [-0.39, 0.29) is 30.0 Å². The molecule has 188 valence electrons. The van der Waals surface area contributed by atoms with Crippen LogP contribution in [0.3, 0.4) is 0 Å². The Labute approximate surface area is 202 Å². The van der Waals surface area contributed by atoms with E-state index in [0.717, 1.165) is 36.1 Å². The average molecular weight is 492 g/mol. The van der Waals surface area contributed by atoms with Gasteiger partial charge >= 0.3 is 6.18 Å². The zero-order chi connectivity index (χ0) is 25.0. The lowest BCUT2D eigenvalue weighted by Crippen LogP contribution is -2.52. The summed E-state index contributed by atoms with van der Waals surface area (Å²) in [5, 5.41) is 0. The number of halogens is 4. The van der Waals surface area contributed by atoms with Crippen LogP contribution in [0, 0.1) is 11.7 Å². The van der Waals surface area contributed by atoms with Crippen molar-refractivity contribution in [3.05, 3.63) is 71.0 Å². The van der Waals surface area contributed by atoms with Crippen LogP contribution in [-0.4, -0.2) is 65.8 Å². The van der Waals surface area contributed by atoms with Crippen molar-refractivity contribution >= 4 is 11.8 Å². The van der Waals surface area contributed by atoms with Crippen LogP contribution in [-0.2, 0) is 28.7 Å². The van der Waals surface area contributed by atoms with E-state index in [4.69, 9.17) is 0 Å². The van der Waals surface area contributed by atoms with Gasteiger partial charge in [0.05, 0.1) is 17.9 Å². The van der Waals surface area contributed by atoms with Crippen molar-refractivity contribution in [3.8, 4) is 0 Å². The standard InChI is InChI=1S/C26H29F4N3O2/c27-23-9-5-19(6-10-23)16-24(34)33-11-1-2-21(18-33)25(35)32-14-12-31(13-15-32)17-20-3-7-22(8-4-20)26(28,29)30/h3-10,21H,1-2,11-18H2. The Morgan fingerprint density at radius 2 is 1.46 bits per heavy atom. The highest BCUT2D eigenvalue weighted by atomic mass is 19.4. The van der Waals surface area contributed by atoms with Crippen LogP contribution < -0.4 is 0 Å². The molecule has 5 nitrogen and oxygen atoms in total. The highest BCUT2D eigenvalue weighted by Gasteiger charge is 2.33. The van der Waals surface area contributed by atoms with Gasteiger partial charge in [0.15, 0.2) is 0 Å². The first-order chi connectivity index (χ1) is 16.7. The minimum atomic E-state index is -4.34. The number of piperidine rings is 1. The van der Waals surface area contributed by atoms with Gasteiger partial charge < -0.3 is 9.80 Å². The molecule has 0 radical (unpaired) electrons. The second-order valence-electron chi connectivity index (χ2n) is 9.28. The number of hydrogen-bond acceptors (Lipinski definition) is 3. The third kappa shape index (κ3) is 6.60. The summed E-state index contributed by atoms with van der Waals surface area (Å²) in [4.78, 5) is 31.6. The Kier molecular flexibility index (Phi) is 7.74. The van der Waals surface area contributed by atoms with E-state index in [9.17, 15) is 27.2 Å². The van der Waals surface area contributed by atoms with E-state index in [2.05, 4.69) is 4.90 Å². The van der Waals surface area contributed by atoms with Crippen LogP contribution in [0.2, 0.25) is 0 Å². The predicted molar refractivity (Wildman–Crippen MR) is 123 cm³/mol. The zero-order valence-electron chi connectivity index (χ0n) is 19.4. The molecule has 2 aromatic rings. The minimum Gasteiger partial charge on any atom is -0.342 e. The number of rotatable bonds is 5. The monoisotopic (exact) mass is 491 g/mol. The molecule has 2 aliphatic heterocycles. The maximum absolute atomic E-state index is 13.1. The fraction of sp³-hybridized carbons (Fsp3) is 0.462. The van der Waals surface area contributed by atoms with Crippen LogP contribution in [0.5, 0.6) is 0 Å². The van der Waals surface area contributed by atoms with Crippen LogP contribution in [0.25, 0.3) is 0 Å². The number of nitrogens with zero attached hydrogens (tertiary/aromatic N) is 3. The highest BCUT2D eigenvalue weighted by Crippen LogP contribution is 2.29. The number of carbonyl (C=O) groups excluding carboxylic acids is 2. The lowest BCUT2D eigenvalue weighted by Gasteiger charge is -2.39. The van der Waals surface area contributed by atoms with Crippen molar-refractivity contribution in [2.45, 2.75) is 32.0 Å². The molecule has 0 saturated carbocycles. The molecule has 2 saturated heterocycles. The smallest absolute Gasteiger partial charge is 0.342 e. The highest BCUT2D eigenvalue weighted by molar-refractivity contribution is 5.82. The van der Waals surface area contributed by atoms with Gasteiger partial charge in [-0.3, -0.25) is 14.5 Å². The summed E-state index contributed by atoms with van der Waals surface area (Å²) in [7, 11) is 0. The van der Waals surface area contributed by atoms with Crippen molar-refractivity contribution in [2.24, 2.45) is 5.92 Å². The summed E-state index contributed by atoms with van der Waals surface area (Å²) < 4.78 is 51.3. The quantitative estimate of drug-likeness (QED) is 0.595. The van der Waals surface area contributed by atoms with Gasteiger partial charge in [0.1, 0.15) is 5.82 Å². The molecule has 9 heteroatoms. The van der Waals surface area contributed by atoms with E-state index in [1.165, 1.54) is 24.3 Å². The van der Waals surface area contributed by atoms with E-state index in [1.807, 2.05) is 4.90 Å². The molecular weight excluding hydrogens is 462 g/mol. The Bertz CT molecular complexity index is 1020. The molecule has 1 unspecified atom stereocenters. The van der Waals surface area contributed by atoms with Crippen molar-refractivity contribution in [1.82, 2.24) is 14.7 Å². The number of likely N-dealkylation sites (tertiary alicyclic amines) is 1. The molecule has 0 aromatic heterocycles. The zero-order valence-corrected chi connectivity index (χ0v) is 19.4. The Morgan fingerprint density at radius 1 is 0.829 bits per heavy atom. The maximum Gasteiger partial charge on any atom is 0.416 e. The third-order valence-corrected chi connectivity index (χ3v) is 6.76. The molecular formula is C26H29F4N3O2. The van der Waals surface area contributed by atoms with E-state index in [0.29, 0.717) is 45.8 Å². The first kappa shape index (κ1) is 25.2. The average Bonchev–Trinajstić information content (AvgIpc) is 2.85. The van der Waals surface area contributed by atoms with E-state index >= 15 is 0 Å². The van der Waals surface area contributed by atoms with Gasteiger partial charge in [-0.15, -0.1) is 0 Å². The lowest BCUT2D eigenvalue weighted by molar-refractivity contribution is -0.142. The van der Waals surface area contributed by atoms with Crippen molar-refractivity contribution in [3.63, 3.8) is 0 Å². The molecule has 2 aliphatic rings. The SMILES string of the molecule is O=C(Cc1ccc(F)cc1)N1CCCC(C(=O)N2CCN(Cc3ccc(C(F)(F)F)cc3)CC2)C1. The first-order valence-electron chi connectivity index (χ1n) is 11.9. The summed E-state index contributed by atoms with van der Waals surface area (Å²) >= 11 is 0. The van der Waals surface area contributed by atoms with Gasteiger partial charge in [0, 0.05) is 45.8 Å². The summed E-state index contributed by atoms with van der Waals surface area (Å²) in [6, 6.07) is 11.1. The minimum absolute atomic E-state index is 0.0541. The molecule has 35 heavy (non-hydrogen) atoms. The first-order valence-corrected chi connectivity index (χ1v) is 11.9. The molecule has 0 aliphatic carbocycles. The van der Waals surface area contributed by atoms with Crippen LogP contribution in [0.4, 0.5) is 17.6 Å². The van der Waals surface area contributed by atoms with Gasteiger partial charge in [0.2, 0.25) is 11.8 Å². The largest absolute Gasteiger partial charge is 0.416 e.